The largest absolute Gasteiger partial charge is 0.491 e. The van der Waals surface area contributed by atoms with Gasteiger partial charge in [-0.05, 0) is 38.0 Å². The average molecular weight is 238 g/mol. The molecule has 0 aliphatic carbocycles. The molecule has 96 valence electrons. The molecular formula is C14H22O3. The fourth-order valence-electron chi connectivity index (χ4n) is 1.78. The van der Waals surface area contributed by atoms with E-state index in [1.165, 1.54) is 0 Å². The first-order chi connectivity index (χ1) is 8.08. The standard InChI is InChI=1S/C14H22O3/c1-5-13(16-4)14(15)11-7-6-8-12(9-11)17-10(2)3/h6-10,13-15H,5H2,1-4H3. The maximum absolute atomic E-state index is 10.2. The molecule has 0 radical (unpaired) electrons. The summed E-state index contributed by atoms with van der Waals surface area (Å²) in [7, 11) is 1.62. The molecule has 0 aromatic heterocycles. The van der Waals surface area contributed by atoms with E-state index in [0.29, 0.717) is 0 Å². The Hall–Kier alpha value is -1.06. The van der Waals surface area contributed by atoms with Crippen LogP contribution in [-0.2, 0) is 4.74 Å². The zero-order valence-electron chi connectivity index (χ0n) is 11.0. The van der Waals surface area contributed by atoms with Crippen LogP contribution in [-0.4, -0.2) is 24.4 Å². The van der Waals surface area contributed by atoms with E-state index in [4.69, 9.17) is 9.47 Å². The summed E-state index contributed by atoms with van der Waals surface area (Å²) >= 11 is 0. The van der Waals surface area contributed by atoms with Crippen molar-refractivity contribution in [2.24, 2.45) is 0 Å². The molecule has 0 saturated heterocycles. The van der Waals surface area contributed by atoms with Gasteiger partial charge in [0.05, 0.1) is 12.2 Å². The second-order valence-corrected chi connectivity index (χ2v) is 4.37. The van der Waals surface area contributed by atoms with E-state index in [1.807, 2.05) is 45.0 Å². The minimum absolute atomic E-state index is 0.131. The summed E-state index contributed by atoms with van der Waals surface area (Å²) in [5.74, 6) is 0.780. The van der Waals surface area contributed by atoms with Crippen LogP contribution in [0, 0.1) is 0 Å². The molecule has 0 bridgehead atoms. The van der Waals surface area contributed by atoms with Gasteiger partial charge in [-0.2, -0.15) is 0 Å². The molecule has 1 aromatic carbocycles. The van der Waals surface area contributed by atoms with Gasteiger partial charge in [-0.3, -0.25) is 0 Å². The summed E-state index contributed by atoms with van der Waals surface area (Å²) in [6.45, 7) is 5.95. The highest BCUT2D eigenvalue weighted by molar-refractivity contribution is 5.30. The monoisotopic (exact) mass is 238 g/mol. The molecule has 1 aromatic rings. The molecule has 17 heavy (non-hydrogen) atoms. The number of aliphatic hydroxyl groups is 1. The van der Waals surface area contributed by atoms with Crippen molar-refractivity contribution in [2.45, 2.75) is 45.5 Å². The summed E-state index contributed by atoms with van der Waals surface area (Å²) in [6, 6.07) is 7.54. The first-order valence-electron chi connectivity index (χ1n) is 6.06. The quantitative estimate of drug-likeness (QED) is 0.828. The van der Waals surface area contributed by atoms with Gasteiger partial charge in [0.15, 0.2) is 0 Å². The molecular weight excluding hydrogens is 216 g/mol. The molecule has 1 rings (SSSR count). The fourth-order valence-corrected chi connectivity index (χ4v) is 1.78. The molecule has 3 nitrogen and oxygen atoms in total. The number of rotatable bonds is 6. The highest BCUT2D eigenvalue weighted by Gasteiger charge is 2.19. The summed E-state index contributed by atoms with van der Waals surface area (Å²) < 4.78 is 10.8. The lowest BCUT2D eigenvalue weighted by atomic mass is 10.0. The van der Waals surface area contributed by atoms with Crippen molar-refractivity contribution in [3.63, 3.8) is 0 Å². The second-order valence-electron chi connectivity index (χ2n) is 4.37. The molecule has 1 N–H and O–H groups in total. The lowest BCUT2D eigenvalue weighted by Crippen LogP contribution is -2.20. The maximum atomic E-state index is 10.2. The van der Waals surface area contributed by atoms with E-state index >= 15 is 0 Å². The van der Waals surface area contributed by atoms with Gasteiger partial charge in [0.1, 0.15) is 11.9 Å². The third-order valence-electron chi connectivity index (χ3n) is 2.63. The van der Waals surface area contributed by atoms with Crippen LogP contribution in [0.25, 0.3) is 0 Å². The van der Waals surface area contributed by atoms with Gasteiger partial charge in [0.25, 0.3) is 0 Å². The maximum Gasteiger partial charge on any atom is 0.120 e. The van der Waals surface area contributed by atoms with Gasteiger partial charge in [-0.15, -0.1) is 0 Å². The number of aliphatic hydroxyl groups excluding tert-OH is 1. The zero-order valence-corrected chi connectivity index (χ0v) is 11.0. The third kappa shape index (κ3) is 4.02. The lowest BCUT2D eigenvalue weighted by Gasteiger charge is -2.21. The molecule has 2 atom stereocenters. The summed E-state index contributed by atoms with van der Waals surface area (Å²) in [4.78, 5) is 0. The number of hydrogen-bond acceptors (Lipinski definition) is 3. The summed E-state index contributed by atoms with van der Waals surface area (Å²) in [6.07, 6.45) is 0.115. The van der Waals surface area contributed by atoms with Gasteiger partial charge in [-0.25, -0.2) is 0 Å². The van der Waals surface area contributed by atoms with Crippen LogP contribution in [0.2, 0.25) is 0 Å². The van der Waals surface area contributed by atoms with E-state index in [-0.39, 0.29) is 12.2 Å². The van der Waals surface area contributed by atoms with Gasteiger partial charge in [-0.1, -0.05) is 19.1 Å². The normalized spacial score (nSPS) is 14.7. The predicted octanol–water partition coefficient (Wildman–Crippen LogP) is 2.93. The predicted molar refractivity (Wildman–Crippen MR) is 68.3 cm³/mol. The van der Waals surface area contributed by atoms with Crippen LogP contribution < -0.4 is 4.74 Å². The number of hydrogen-bond donors (Lipinski definition) is 1. The molecule has 0 aliphatic rings. The Labute approximate surface area is 103 Å². The van der Waals surface area contributed by atoms with Crippen LogP contribution >= 0.6 is 0 Å². The average Bonchev–Trinajstić information content (AvgIpc) is 2.30. The van der Waals surface area contributed by atoms with Crippen molar-refractivity contribution < 1.29 is 14.6 Å². The van der Waals surface area contributed by atoms with Gasteiger partial charge in [0.2, 0.25) is 0 Å². The molecule has 0 saturated carbocycles. The van der Waals surface area contributed by atoms with Crippen molar-refractivity contribution >= 4 is 0 Å². The first kappa shape index (κ1) is 14.0. The summed E-state index contributed by atoms with van der Waals surface area (Å²) in [5, 5.41) is 10.2. The SMILES string of the molecule is CCC(OC)C(O)c1cccc(OC(C)C)c1. The highest BCUT2D eigenvalue weighted by Crippen LogP contribution is 2.24. The Balaban J connectivity index is 2.83. The topological polar surface area (TPSA) is 38.7 Å². The van der Waals surface area contributed by atoms with E-state index in [1.54, 1.807) is 7.11 Å². The molecule has 3 heteroatoms. The van der Waals surface area contributed by atoms with Crippen LogP contribution in [0.15, 0.2) is 24.3 Å². The third-order valence-corrected chi connectivity index (χ3v) is 2.63. The smallest absolute Gasteiger partial charge is 0.120 e. The van der Waals surface area contributed by atoms with Crippen LogP contribution in [0.5, 0.6) is 5.75 Å². The van der Waals surface area contributed by atoms with E-state index in [9.17, 15) is 5.11 Å². The van der Waals surface area contributed by atoms with Crippen molar-refractivity contribution in [1.29, 1.82) is 0 Å². The van der Waals surface area contributed by atoms with Crippen molar-refractivity contribution in [2.75, 3.05) is 7.11 Å². The Morgan fingerprint density at radius 1 is 1.29 bits per heavy atom. The van der Waals surface area contributed by atoms with Crippen LogP contribution in [0.1, 0.15) is 38.9 Å². The second kappa shape index (κ2) is 6.62. The minimum Gasteiger partial charge on any atom is -0.491 e. The van der Waals surface area contributed by atoms with Crippen molar-refractivity contribution in [3.8, 4) is 5.75 Å². The van der Waals surface area contributed by atoms with Crippen LogP contribution in [0.4, 0.5) is 0 Å². The number of ether oxygens (including phenoxy) is 2. The minimum atomic E-state index is -0.610. The Kier molecular flexibility index (Phi) is 5.45. The highest BCUT2D eigenvalue weighted by atomic mass is 16.5. The molecule has 0 spiro atoms. The van der Waals surface area contributed by atoms with E-state index in [0.717, 1.165) is 17.7 Å². The number of methoxy groups -OCH3 is 1. The zero-order chi connectivity index (χ0) is 12.8. The van der Waals surface area contributed by atoms with Crippen molar-refractivity contribution in [1.82, 2.24) is 0 Å². The fraction of sp³-hybridized carbons (Fsp3) is 0.571. The Morgan fingerprint density at radius 2 is 2.00 bits per heavy atom. The van der Waals surface area contributed by atoms with Crippen LogP contribution in [0.3, 0.4) is 0 Å². The number of benzene rings is 1. The molecule has 0 aliphatic heterocycles. The van der Waals surface area contributed by atoms with Gasteiger partial charge >= 0.3 is 0 Å². The molecule has 0 amide bonds. The van der Waals surface area contributed by atoms with Gasteiger partial charge in [0, 0.05) is 7.11 Å². The first-order valence-corrected chi connectivity index (χ1v) is 6.06. The molecule has 2 unspecified atom stereocenters. The Bertz CT molecular complexity index is 332. The Morgan fingerprint density at radius 3 is 2.53 bits per heavy atom. The molecule has 0 heterocycles. The lowest BCUT2D eigenvalue weighted by molar-refractivity contribution is -0.0149. The van der Waals surface area contributed by atoms with E-state index < -0.39 is 6.10 Å². The van der Waals surface area contributed by atoms with Crippen molar-refractivity contribution in [3.05, 3.63) is 29.8 Å². The summed E-state index contributed by atoms with van der Waals surface area (Å²) in [5.41, 5.74) is 0.830. The van der Waals surface area contributed by atoms with Gasteiger partial charge < -0.3 is 14.6 Å². The van der Waals surface area contributed by atoms with E-state index in [2.05, 4.69) is 0 Å². The molecule has 0 fully saturated rings.